The Morgan fingerprint density at radius 3 is 2.47 bits per heavy atom. The number of carbonyl (C=O) groups excluding carboxylic acids is 1. The maximum atomic E-state index is 14.0. The number of fused-ring (bicyclic) bond motifs is 2. The zero-order valence-electron chi connectivity index (χ0n) is 22.1. The fourth-order valence-corrected chi connectivity index (χ4v) is 5.49. The Morgan fingerprint density at radius 2 is 1.74 bits per heavy atom. The highest BCUT2D eigenvalue weighted by Gasteiger charge is 2.43. The summed E-state index contributed by atoms with van der Waals surface area (Å²) < 4.78 is 12.1. The van der Waals surface area contributed by atoms with Gasteiger partial charge in [0.15, 0.2) is 5.43 Å². The van der Waals surface area contributed by atoms with Gasteiger partial charge in [0.2, 0.25) is 5.76 Å². The number of unbranched alkanes of at least 4 members (excludes halogenated alkanes) is 3. The number of rotatable bonds is 9. The summed E-state index contributed by atoms with van der Waals surface area (Å²) in [6, 6.07) is 18.3. The Kier molecular flexibility index (Phi) is 7.57. The quantitative estimate of drug-likeness (QED) is 0.208. The molecule has 6 heteroatoms. The molecule has 1 unspecified atom stereocenters. The van der Waals surface area contributed by atoms with Crippen LogP contribution >= 0.6 is 11.6 Å². The predicted molar refractivity (Wildman–Crippen MR) is 151 cm³/mol. The summed E-state index contributed by atoms with van der Waals surface area (Å²) >= 11 is 6.47. The summed E-state index contributed by atoms with van der Waals surface area (Å²) in [7, 11) is 0. The summed E-state index contributed by atoms with van der Waals surface area (Å²) in [4.78, 5) is 29.4. The van der Waals surface area contributed by atoms with Crippen molar-refractivity contribution in [3.05, 3.63) is 109 Å². The van der Waals surface area contributed by atoms with Gasteiger partial charge < -0.3 is 14.1 Å². The third-order valence-electron chi connectivity index (χ3n) is 7.17. The molecule has 0 fully saturated rings. The summed E-state index contributed by atoms with van der Waals surface area (Å²) in [5.41, 5.74) is 4.06. The molecular formula is C32H32ClNO4. The molecular weight excluding hydrogens is 498 g/mol. The van der Waals surface area contributed by atoms with E-state index >= 15 is 0 Å². The molecule has 1 amide bonds. The molecule has 5 nitrogen and oxygen atoms in total. The minimum absolute atomic E-state index is 0.0980. The van der Waals surface area contributed by atoms with E-state index < -0.39 is 6.04 Å². The lowest BCUT2D eigenvalue weighted by atomic mass is 9.96. The van der Waals surface area contributed by atoms with Crippen LogP contribution in [0.4, 0.5) is 0 Å². The molecule has 3 aromatic carbocycles. The minimum Gasteiger partial charge on any atom is -0.494 e. The molecule has 0 N–H and O–H groups in total. The molecule has 0 bridgehead atoms. The zero-order valence-corrected chi connectivity index (χ0v) is 22.8. The third-order valence-corrected chi connectivity index (χ3v) is 7.54. The van der Waals surface area contributed by atoms with E-state index in [-0.39, 0.29) is 23.6 Å². The van der Waals surface area contributed by atoms with Crippen molar-refractivity contribution in [3.8, 4) is 5.75 Å². The van der Waals surface area contributed by atoms with E-state index in [9.17, 15) is 9.59 Å². The summed E-state index contributed by atoms with van der Waals surface area (Å²) in [5, 5.41) is 1.08. The topological polar surface area (TPSA) is 59.8 Å². The molecule has 1 aliphatic heterocycles. The second-order valence-corrected chi connectivity index (χ2v) is 10.4. The Morgan fingerprint density at radius 1 is 0.974 bits per heavy atom. The van der Waals surface area contributed by atoms with Gasteiger partial charge in [-0.15, -0.1) is 0 Å². The van der Waals surface area contributed by atoms with Crippen LogP contribution in [-0.2, 0) is 6.54 Å². The molecule has 0 aliphatic carbocycles. The minimum atomic E-state index is -0.603. The van der Waals surface area contributed by atoms with Gasteiger partial charge in [-0.1, -0.05) is 74.2 Å². The second kappa shape index (κ2) is 11.0. The summed E-state index contributed by atoms with van der Waals surface area (Å²) in [6.07, 6.45) is 4.55. The van der Waals surface area contributed by atoms with E-state index in [1.165, 1.54) is 12.8 Å². The Balaban J connectivity index is 1.57. The molecule has 0 saturated carbocycles. The summed E-state index contributed by atoms with van der Waals surface area (Å²) in [5.74, 6) is 0.546. The van der Waals surface area contributed by atoms with Crippen molar-refractivity contribution in [2.24, 2.45) is 0 Å². The third kappa shape index (κ3) is 4.95. The van der Waals surface area contributed by atoms with E-state index in [0.717, 1.165) is 40.8 Å². The van der Waals surface area contributed by atoms with Crippen LogP contribution < -0.4 is 10.2 Å². The van der Waals surface area contributed by atoms with Crippen LogP contribution in [0.5, 0.6) is 5.75 Å². The highest BCUT2D eigenvalue weighted by atomic mass is 35.5. The Hall–Kier alpha value is -3.57. The largest absolute Gasteiger partial charge is 0.494 e. The molecule has 1 aliphatic rings. The van der Waals surface area contributed by atoms with E-state index in [0.29, 0.717) is 28.2 Å². The highest BCUT2D eigenvalue weighted by molar-refractivity contribution is 6.31. The fraction of sp³-hybridized carbons (Fsp3) is 0.312. The standard InChI is InChI=1S/C32H32ClNO4/c1-4-5-6-9-16-37-24-14-12-22(13-15-24)29-28-30(35)27-21(3)17-20(2)18-26(27)38-31(28)32(36)34(29)19-23-10-7-8-11-25(23)33/h7-8,10-15,17-18,29H,4-6,9,16,19H2,1-3H3. The van der Waals surface area contributed by atoms with Crippen molar-refractivity contribution in [3.63, 3.8) is 0 Å². The van der Waals surface area contributed by atoms with Crippen molar-refractivity contribution >= 4 is 28.5 Å². The lowest BCUT2D eigenvalue weighted by molar-refractivity contribution is 0.0714. The van der Waals surface area contributed by atoms with Crippen molar-refractivity contribution in [2.75, 3.05) is 6.61 Å². The number of hydrogen-bond donors (Lipinski definition) is 0. The van der Waals surface area contributed by atoms with Gasteiger partial charge in [0.1, 0.15) is 11.3 Å². The Bertz CT molecular complexity index is 1540. The molecule has 196 valence electrons. The number of amides is 1. The monoisotopic (exact) mass is 529 g/mol. The molecule has 1 aromatic heterocycles. The van der Waals surface area contributed by atoms with Gasteiger partial charge in [-0.3, -0.25) is 9.59 Å². The van der Waals surface area contributed by atoms with Crippen LogP contribution in [0.1, 0.15) is 77.0 Å². The zero-order chi connectivity index (χ0) is 26.8. The molecule has 38 heavy (non-hydrogen) atoms. The van der Waals surface area contributed by atoms with Gasteiger partial charge in [-0.2, -0.15) is 0 Å². The number of carbonyl (C=O) groups is 1. The number of halogens is 1. The fourth-order valence-electron chi connectivity index (χ4n) is 5.30. The van der Waals surface area contributed by atoms with Gasteiger partial charge in [-0.25, -0.2) is 0 Å². The molecule has 1 atom stereocenters. The van der Waals surface area contributed by atoms with Crippen LogP contribution in [0.25, 0.3) is 11.0 Å². The number of hydrogen-bond acceptors (Lipinski definition) is 4. The van der Waals surface area contributed by atoms with Crippen molar-refractivity contribution in [1.82, 2.24) is 4.90 Å². The van der Waals surface area contributed by atoms with Crippen LogP contribution in [0.15, 0.2) is 69.9 Å². The smallest absolute Gasteiger partial charge is 0.291 e. The summed E-state index contributed by atoms with van der Waals surface area (Å²) in [6.45, 7) is 6.94. The average Bonchev–Trinajstić information content (AvgIpc) is 3.17. The van der Waals surface area contributed by atoms with E-state index in [4.69, 9.17) is 20.8 Å². The van der Waals surface area contributed by atoms with Gasteiger partial charge in [0.05, 0.1) is 23.6 Å². The van der Waals surface area contributed by atoms with Crippen LogP contribution in [0, 0.1) is 13.8 Å². The number of nitrogens with zero attached hydrogens (tertiary/aromatic N) is 1. The number of ether oxygens (including phenoxy) is 1. The molecule has 5 rings (SSSR count). The van der Waals surface area contributed by atoms with Gasteiger partial charge >= 0.3 is 0 Å². The molecule has 0 radical (unpaired) electrons. The lowest BCUT2D eigenvalue weighted by Gasteiger charge is -2.26. The maximum Gasteiger partial charge on any atom is 0.291 e. The molecule has 2 heterocycles. The Labute approximate surface area is 228 Å². The normalized spacial score (nSPS) is 14.8. The van der Waals surface area contributed by atoms with E-state index in [1.807, 2.05) is 68.4 Å². The lowest BCUT2D eigenvalue weighted by Crippen LogP contribution is -2.29. The van der Waals surface area contributed by atoms with E-state index in [1.54, 1.807) is 11.0 Å². The van der Waals surface area contributed by atoms with Crippen LogP contribution in [-0.4, -0.2) is 17.4 Å². The molecule has 0 saturated heterocycles. The van der Waals surface area contributed by atoms with Gasteiger partial charge in [0.25, 0.3) is 5.91 Å². The first kappa shape index (κ1) is 26.1. The highest BCUT2D eigenvalue weighted by Crippen LogP contribution is 2.40. The molecule has 0 spiro atoms. The van der Waals surface area contributed by atoms with Crippen molar-refractivity contribution < 1.29 is 13.9 Å². The van der Waals surface area contributed by atoms with Crippen molar-refractivity contribution in [1.29, 1.82) is 0 Å². The van der Waals surface area contributed by atoms with Gasteiger partial charge in [-0.05, 0) is 66.8 Å². The molecule has 4 aromatic rings. The van der Waals surface area contributed by atoms with Crippen LogP contribution in [0.3, 0.4) is 0 Å². The maximum absolute atomic E-state index is 14.0. The first-order chi connectivity index (χ1) is 18.4. The van der Waals surface area contributed by atoms with Crippen LogP contribution in [0.2, 0.25) is 5.02 Å². The predicted octanol–water partition coefficient (Wildman–Crippen LogP) is 7.77. The first-order valence-electron chi connectivity index (χ1n) is 13.2. The van der Waals surface area contributed by atoms with Crippen molar-refractivity contribution in [2.45, 2.75) is 59.0 Å². The van der Waals surface area contributed by atoms with Gasteiger partial charge in [0, 0.05) is 11.6 Å². The van der Waals surface area contributed by atoms with E-state index in [2.05, 4.69) is 6.92 Å². The second-order valence-electron chi connectivity index (χ2n) is 10.0. The number of aryl methyl sites for hydroxylation is 2. The SMILES string of the molecule is CCCCCCOc1ccc(C2c3c(oc4cc(C)cc(C)c4c3=O)C(=O)N2Cc2ccccc2Cl)cc1. The number of benzene rings is 3. The average molecular weight is 530 g/mol. The first-order valence-corrected chi connectivity index (χ1v) is 13.6.